The van der Waals surface area contributed by atoms with E-state index >= 15 is 0 Å². The molecule has 0 bridgehead atoms. The molecule has 7 heteroatoms. The number of ether oxygens (including phenoxy) is 1. The van der Waals surface area contributed by atoms with E-state index in [0.717, 1.165) is 23.2 Å². The van der Waals surface area contributed by atoms with Crippen molar-refractivity contribution in [1.29, 1.82) is 0 Å². The van der Waals surface area contributed by atoms with Crippen LogP contribution >= 0.6 is 0 Å². The van der Waals surface area contributed by atoms with Crippen molar-refractivity contribution in [2.24, 2.45) is 10.7 Å². The van der Waals surface area contributed by atoms with Gasteiger partial charge in [0.1, 0.15) is 5.54 Å². The number of rotatable bonds is 8. The Balaban J connectivity index is 1.81. The molecule has 0 fully saturated rings. The van der Waals surface area contributed by atoms with E-state index in [0.29, 0.717) is 24.9 Å². The van der Waals surface area contributed by atoms with E-state index in [4.69, 9.17) is 10.5 Å². The van der Waals surface area contributed by atoms with E-state index < -0.39 is 11.5 Å². The number of methoxy groups -OCH3 is 1. The molecule has 4 N–H and O–H groups in total. The average Bonchev–Trinajstić information content (AvgIpc) is 2.84. The average molecular weight is 435 g/mol. The lowest BCUT2D eigenvalue weighted by Crippen LogP contribution is -2.58. The zero-order chi connectivity index (χ0) is 23.0. The number of amides is 1. The number of nitrogens with one attached hydrogen (secondary N) is 2. The van der Waals surface area contributed by atoms with Crippen LogP contribution in [0, 0.1) is 0 Å². The molecule has 1 heterocycles. The van der Waals surface area contributed by atoms with Gasteiger partial charge < -0.3 is 21.1 Å². The molecule has 7 nitrogen and oxygen atoms in total. The second-order valence-corrected chi connectivity index (χ2v) is 7.78. The molecule has 1 aliphatic heterocycles. The maximum absolute atomic E-state index is 13.1. The van der Waals surface area contributed by atoms with E-state index in [1.807, 2.05) is 55.5 Å². The smallest absolute Gasteiger partial charge is 0.331 e. The summed E-state index contributed by atoms with van der Waals surface area (Å²) in [5.74, 6) is -0.796. The molecule has 0 saturated carbocycles. The van der Waals surface area contributed by atoms with Gasteiger partial charge in [0.25, 0.3) is 5.91 Å². The first kappa shape index (κ1) is 23.2. The number of nitrogens with two attached hydrogens (primary N) is 1. The Hall–Kier alpha value is -3.45. The maximum Gasteiger partial charge on any atom is 0.331 e. The van der Waals surface area contributed by atoms with E-state index in [1.54, 1.807) is 12.1 Å². The number of nitrogens with zero attached hydrogens (tertiary/aromatic N) is 1. The Morgan fingerprint density at radius 1 is 1.19 bits per heavy atom. The van der Waals surface area contributed by atoms with Gasteiger partial charge >= 0.3 is 5.97 Å². The molecule has 3 rings (SSSR count). The zero-order valence-corrected chi connectivity index (χ0v) is 18.5. The summed E-state index contributed by atoms with van der Waals surface area (Å²) in [5.41, 5.74) is 7.67. The molecule has 2 atom stereocenters. The Bertz CT molecular complexity index is 986. The standard InChI is InChI=1S/C25H30N4O3/c1-3-25(24(31)32-2,16-22-15-21(28-17-26)13-14-27-22)29-23(30)20-11-9-19(10-12-20)18-7-5-4-6-8-18/h4-12,15,17,22,27H,3,13-14,16H2,1-2H3,(H2,26,28)(H,29,30)/t22?,25-/m1/s1. The van der Waals surface area contributed by atoms with E-state index in [1.165, 1.54) is 13.4 Å². The van der Waals surface area contributed by atoms with Gasteiger partial charge in [0.2, 0.25) is 0 Å². The first-order chi connectivity index (χ1) is 15.5. The largest absolute Gasteiger partial charge is 0.467 e. The van der Waals surface area contributed by atoms with Crippen LogP contribution in [0.5, 0.6) is 0 Å². The monoisotopic (exact) mass is 434 g/mol. The Kier molecular flexibility index (Phi) is 7.78. The summed E-state index contributed by atoms with van der Waals surface area (Å²) in [6, 6.07) is 17.1. The third-order valence-electron chi connectivity index (χ3n) is 5.78. The van der Waals surface area contributed by atoms with Gasteiger partial charge in [-0.15, -0.1) is 0 Å². The second kappa shape index (κ2) is 10.7. The topological polar surface area (TPSA) is 106 Å². The number of aliphatic imine (C=N–C) groups is 1. The summed E-state index contributed by atoms with van der Waals surface area (Å²) in [6.07, 6.45) is 4.69. The Morgan fingerprint density at radius 2 is 1.88 bits per heavy atom. The summed E-state index contributed by atoms with van der Waals surface area (Å²) in [7, 11) is 1.34. The minimum atomic E-state index is -1.17. The molecule has 0 aromatic heterocycles. The first-order valence-electron chi connectivity index (χ1n) is 10.8. The predicted molar refractivity (Wildman–Crippen MR) is 126 cm³/mol. The normalized spacial score (nSPS) is 17.9. The number of benzene rings is 2. The molecule has 0 saturated heterocycles. The molecule has 1 unspecified atom stereocenters. The molecule has 0 aliphatic carbocycles. The quantitative estimate of drug-likeness (QED) is 0.336. The second-order valence-electron chi connectivity index (χ2n) is 7.78. The van der Waals surface area contributed by atoms with Gasteiger partial charge in [0.05, 0.1) is 13.4 Å². The number of hydrogen-bond acceptors (Lipinski definition) is 5. The van der Waals surface area contributed by atoms with E-state index in [-0.39, 0.29) is 11.9 Å². The first-order valence-corrected chi connectivity index (χ1v) is 10.8. The summed E-state index contributed by atoms with van der Waals surface area (Å²) in [6.45, 7) is 2.57. The highest BCUT2D eigenvalue weighted by molar-refractivity contribution is 5.98. The number of hydrogen-bond donors (Lipinski definition) is 3. The van der Waals surface area contributed by atoms with Crippen molar-refractivity contribution in [3.05, 3.63) is 71.9 Å². The number of carbonyl (C=O) groups excluding carboxylic acids is 2. The molecule has 0 spiro atoms. The van der Waals surface area contributed by atoms with Crippen molar-refractivity contribution in [2.45, 2.75) is 37.8 Å². The SMILES string of the molecule is CC[C@](CC1C=C(N=CN)CCN1)(NC(=O)c1ccc(-c2ccccc2)cc1)C(=O)OC. The molecule has 1 aliphatic rings. The Morgan fingerprint density at radius 3 is 2.50 bits per heavy atom. The van der Waals surface area contributed by atoms with Gasteiger partial charge in [-0.25, -0.2) is 9.79 Å². The van der Waals surface area contributed by atoms with Crippen molar-refractivity contribution in [2.75, 3.05) is 13.7 Å². The van der Waals surface area contributed by atoms with Crippen molar-refractivity contribution in [1.82, 2.24) is 10.6 Å². The fraction of sp³-hybridized carbons (Fsp3) is 0.320. The van der Waals surface area contributed by atoms with Crippen molar-refractivity contribution < 1.29 is 14.3 Å². The molecule has 32 heavy (non-hydrogen) atoms. The summed E-state index contributed by atoms with van der Waals surface area (Å²) >= 11 is 0. The molecule has 2 aromatic rings. The van der Waals surface area contributed by atoms with Crippen LogP contribution in [0.4, 0.5) is 0 Å². The highest BCUT2D eigenvalue weighted by atomic mass is 16.5. The summed E-state index contributed by atoms with van der Waals surface area (Å²) in [5, 5.41) is 6.32. The van der Waals surface area contributed by atoms with E-state index in [2.05, 4.69) is 15.6 Å². The maximum atomic E-state index is 13.1. The van der Waals surface area contributed by atoms with Crippen LogP contribution in [0.3, 0.4) is 0 Å². The van der Waals surface area contributed by atoms with Gasteiger partial charge in [-0.3, -0.25) is 4.79 Å². The highest BCUT2D eigenvalue weighted by Gasteiger charge is 2.41. The number of esters is 1. The van der Waals surface area contributed by atoms with Gasteiger partial charge in [-0.1, -0.05) is 49.4 Å². The molecule has 1 amide bonds. The number of carbonyl (C=O) groups is 2. The van der Waals surface area contributed by atoms with Crippen molar-refractivity contribution in [3.63, 3.8) is 0 Å². The summed E-state index contributed by atoms with van der Waals surface area (Å²) in [4.78, 5) is 30.1. The van der Waals surface area contributed by atoms with Crippen LogP contribution in [0.2, 0.25) is 0 Å². The van der Waals surface area contributed by atoms with Crippen LogP contribution in [-0.4, -0.2) is 43.5 Å². The molecule has 2 aromatic carbocycles. The summed E-state index contributed by atoms with van der Waals surface area (Å²) < 4.78 is 5.08. The third kappa shape index (κ3) is 5.42. The lowest BCUT2D eigenvalue weighted by atomic mass is 9.86. The zero-order valence-electron chi connectivity index (χ0n) is 18.5. The van der Waals surface area contributed by atoms with Crippen molar-refractivity contribution in [3.8, 4) is 11.1 Å². The van der Waals surface area contributed by atoms with E-state index in [9.17, 15) is 9.59 Å². The van der Waals surface area contributed by atoms with Crippen LogP contribution in [0.25, 0.3) is 11.1 Å². The van der Waals surface area contributed by atoms with Gasteiger partial charge in [-0.2, -0.15) is 0 Å². The van der Waals surface area contributed by atoms with Crippen LogP contribution < -0.4 is 16.4 Å². The lowest BCUT2D eigenvalue weighted by molar-refractivity contribution is -0.149. The van der Waals surface area contributed by atoms with Gasteiger partial charge in [0.15, 0.2) is 0 Å². The fourth-order valence-electron chi connectivity index (χ4n) is 3.96. The van der Waals surface area contributed by atoms with Gasteiger partial charge in [-0.05, 0) is 35.8 Å². The molecular weight excluding hydrogens is 404 g/mol. The fourth-order valence-corrected chi connectivity index (χ4v) is 3.96. The molecular formula is C25H30N4O3. The minimum absolute atomic E-state index is 0.151. The van der Waals surface area contributed by atoms with Crippen LogP contribution in [0.15, 0.2) is 71.4 Å². The predicted octanol–water partition coefficient (Wildman–Crippen LogP) is 3.03. The van der Waals surface area contributed by atoms with Crippen LogP contribution in [0.1, 0.15) is 36.5 Å². The molecule has 0 radical (unpaired) electrons. The highest BCUT2D eigenvalue weighted by Crippen LogP contribution is 2.25. The molecule has 168 valence electrons. The minimum Gasteiger partial charge on any atom is -0.467 e. The lowest BCUT2D eigenvalue weighted by Gasteiger charge is -2.35. The Labute approximate surface area is 188 Å². The van der Waals surface area contributed by atoms with Gasteiger partial charge in [0, 0.05) is 36.7 Å². The van der Waals surface area contributed by atoms with Crippen molar-refractivity contribution >= 4 is 18.2 Å². The third-order valence-corrected chi connectivity index (χ3v) is 5.78. The van der Waals surface area contributed by atoms with Crippen LogP contribution in [-0.2, 0) is 9.53 Å².